The summed E-state index contributed by atoms with van der Waals surface area (Å²) in [7, 11) is 0. The molecule has 4 nitrogen and oxygen atoms in total. The summed E-state index contributed by atoms with van der Waals surface area (Å²) in [4.78, 5) is 13.4. The standard InChI is InChI=1S/C26H24F3NO3/c27-26(28,29)21-8-4-6-19(16-21)24(30-14-12-18(13-15-30)25(31)32)20-7-5-11-23(17-20)33-22-9-2-1-3-10-22/h1-11,16-18,24H,12-15H2,(H,31,32). The average molecular weight is 455 g/mol. The Bertz CT molecular complexity index is 1090. The molecule has 1 aliphatic rings. The molecule has 172 valence electrons. The quantitative estimate of drug-likeness (QED) is 0.468. The Morgan fingerprint density at radius 2 is 1.48 bits per heavy atom. The summed E-state index contributed by atoms with van der Waals surface area (Å²) < 4.78 is 46.2. The number of hydrogen-bond donors (Lipinski definition) is 1. The molecule has 33 heavy (non-hydrogen) atoms. The summed E-state index contributed by atoms with van der Waals surface area (Å²) in [6.07, 6.45) is -3.55. The number of likely N-dealkylation sites (tertiary alicyclic amines) is 1. The van der Waals surface area contributed by atoms with Gasteiger partial charge in [0.2, 0.25) is 0 Å². The largest absolute Gasteiger partial charge is 0.481 e. The molecule has 7 heteroatoms. The third-order valence-corrected chi connectivity index (χ3v) is 5.93. The van der Waals surface area contributed by atoms with E-state index in [4.69, 9.17) is 4.74 Å². The first kappa shape index (κ1) is 22.9. The van der Waals surface area contributed by atoms with Crippen LogP contribution in [-0.4, -0.2) is 29.1 Å². The minimum Gasteiger partial charge on any atom is -0.481 e. The van der Waals surface area contributed by atoms with Crippen LogP contribution in [0, 0.1) is 5.92 Å². The van der Waals surface area contributed by atoms with Crippen molar-refractivity contribution in [1.29, 1.82) is 0 Å². The van der Waals surface area contributed by atoms with E-state index in [1.165, 1.54) is 12.1 Å². The van der Waals surface area contributed by atoms with Gasteiger partial charge in [-0.2, -0.15) is 13.2 Å². The number of alkyl halides is 3. The molecular formula is C26H24F3NO3. The lowest BCUT2D eigenvalue weighted by atomic mass is 9.90. The van der Waals surface area contributed by atoms with Gasteiger partial charge in [0.1, 0.15) is 11.5 Å². The highest BCUT2D eigenvalue weighted by atomic mass is 19.4. The smallest absolute Gasteiger partial charge is 0.416 e. The van der Waals surface area contributed by atoms with Crippen molar-refractivity contribution >= 4 is 5.97 Å². The Kier molecular flexibility index (Phi) is 6.70. The predicted octanol–water partition coefficient (Wildman–Crippen LogP) is 6.38. The fourth-order valence-electron chi connectivity index (χ4n) is 4.28. The Morgan fingerprint density at radius 1 is 0.879 bits per heavy atom. The minimum atomic E-state index is -4.45. The van der Waals surface area contributed by atoms with Gasteiger partial charge >= 0.3 is 12.1 Å². The Labute approximate surface area is 190 Å². The van der Waals surface area contributed by atoms with Crippen molar-refractivity contribution < 1.29 is 27.8 Å². The molecular weight excluding hydrogens is 431 g/mol. The number of carbonyl (C=O) groups is 1. The summed E-state index contributed by atoms with van der Waals surface area (Å²) in [6.45, 7) is 0.948. The summed E-state index contributed by atoms with van der Waals surface area (Å²) in [5, 5.41) is 9.34. The molecule has 1 fully saturated rings. The molecule has 1 atom stereocenters. The number of benzene rings is 3. The lowest BCUT2D eigenvalue weighted by Gasteiger charge is -2.37. The van der Waals surface area contributed by atoms with Crippen LogP contribution < -0.4 is 4.74 Å². The van der Waals surface area contributed by atoms with Gasteiger partial charge in [-0.3, -0.25) is 9.69 Å². The van der Waals surface area contributed by atoms with Crippen molar-refractivity contribution in [3.8, 4) is 11.5 Å². The van der Waals surface area contributed by atoms with Gasteiger partial charge in [-0.25, -0.2) is 0 Å². The number of rotatable bonds is 6. The van der Waals surface area contributed by atoms with E-state index in [9.17, 15) is 23.1 Å². The lowest BCUT2D eigenvalue weighted by Crippen LogP contribution is -2.39. The molecule has 0 amide bonds. The Morgan fingerprint density at radius 3 is 2.12 bits per heavy atom. The number of aliphatic carboxylic acids is 1. The monoisotopic (exact) mass is 455 g/mol. The van der Waals surface area contributed by atoms with E-state index in [1.54, 1.807) is 12.1 Å². The molecule has 3 aromatic carbocycles. The molecule has 0 bridgehead atoms. The molecule has 3 aromatic rings. The van der Waals surface area contributed by atoms with Crippen molar-refractivity contribution in [1.82, 2.24) is 4.90 Å². The summed E-state index contributed by atoms with van der Waals surface area (Å²) in [5.74, 6) is -0.0247. The highest BCUT2D eigenvalue weighted by Crippen LogP contribution is 2.37. The third kappa shape index (κ3) is 5.54. The van der Waals surface area contributed by atoms with Crippen LogP contribution in [-0.2, 0) is 11.0 Å². The van der Waals surface area contributed by atoms with Gasteiger partial charge < -0.3 is 9.84 Å². The van der Waals surface area contributed by atoms with E-state index in [-0.39, 0.29) is 0 Å². The van der Waals surface area contributed by atoms with E-state index < -0.39 is 29.7 Å². The minimum absolute atomic E-state index is 0.434. The number of piperidine rings is 1. The molecule has 1 unspecified atom stereocenters. The molecule has 1 saturated heterocycles. The third-order valence-electron chi connectivity index (χ3n) is 5.93. The van der Waals surface area contributed by atoms with Crippen LogP contribution in [0.2, 0.25) is 0 Å². The van der Waals surface area contributed by atoms with Crippen LogP contribution in [0.1, 0.15) is 35.6 Å². The van der Waals surface area contributed by atoms with Crippen LogP contribution in [0.25, 0.3) is 0 Å². The van der Waals surface area contributed by atoms with Crippen molar-refractivity contribution in [3.05, 3.63) is 95.6 Å². The number of carboxylic acids is 1. The number of nitrogens with zero attached hydrogens (tertiary/aromatic N) is 1. The molecule has 0 saturated carbocycles. The highest BCUT2D eigenvalue weighted by molar-refractivity contribution is 5.70. The van der Waals surface area contributed by atoms with Gasteiger partial charge in [-0.15, -0.1) is 0 Å². The van der Waals surface area contributed by atoms with Crippen molar-refractivity contribution in [3.63, 3.8) is 0 Å². The van der Waals surface area contributed by atoms with Crippen LogP contribution >= 0.6 is 0 Å². The second-order valence-corrected chi connectivity index (χ2v) is 8.16. The van der Waals surface area contributed by atoms with Crippen molar-refractivity contribution in [2.45, 2.75) is 25.1 Å². The van der Waals surface area contributed by atoms with E-state index in [0.717, 1.165) is 11.6 Å². The molecule has 1 N–H and O–H groups in total. The molecule has 4 rings (SSSR count). The topological polar surface area (TPSA) is 49.8 Å². The zero-order valence-corrected chi connectivity index (χ0v) is 17.8. The number of halogens is 3. The molecule has 0 aromatic heterocycles. The van der Waals surface area contributed by atoms with E-state index in [0.29, 0.717) is 43.0 Å². The van der Waals surface area contributed by atoms with Gasteiger partial charge in [0.15, 0.2) is 0 Å². The summed E-state index contributed by atoms with van der Waals surface area (Å²) >= 11 is 0. The van der Waals surface area contributed by atoms with Gasteiger partial charge in [-0.05, 0) is 73.5 Å². The average Bonchev–Trinajstić information content (AvgIpc) is 2.80. The second kappa shape index (κ2) is 9.67. The predicted molar refractivity (Wildman–Crippen MR) is 118 cm³/mol. The fraction of sp³-hybridized carbons (Fsp3) is 0.269. The summed E-state index contributed by atoms with van der Waals surface area (Å²) in [5.41, 5.74) is 0.592. The Hall–Kier alpha value is -3.32. The fourth-order valence-corrected chi connectivity index (χ4v) is 4.28. The molecule has 1 heterocycles. The second-order valence-electron chi connectivity index (χ2n) is 8.16. The number of ether oxygens (including phenoxy) is 1. The first-order valence-electron chi connectivity index (χ1n) is 10.8. The zero-order chi connectivity index (χ0) is 23.4. The van der Waals surface area contributed by atoms with Gasteiger partial charge in [-0.1, -0.05) is 42.5 Å². The van der Waals surface area contributed by atoms with E-state index >= 15 is 0 Å². The SMILES string of the molecule is O=C(O)C1CCN(C(c2cccc(Oc3ccccc3)c2)c2cccc(C(F)(F)F)c2)CC1. The van der Waals surface area contributed by atoms with Crippen molar-refractivity contribution in [2.24, 2.45) is 5.92 Å². The zero-order valence-electron chi connectivity index (χ0n) is 17.8. The van der Waals surface area contributed by atoms with Crippen molar-refractivity contribution in [2.75, 3.05) is 13.1 Å². The van der Waals surface area contributed by atoms with Crippen LogP contribution in [0.5, 0.6) is 11.5 Å². The highest BCUT2D eigenvalue weighted by Gasteiger charge is 2.34. The maximum Gasteiger partial charge on any atom is 0.416 e. The lowest BCUT2D eigenvalue weighted by molar-refractivity contribution is -0.143. The first-order chi connectivity index (χ1) is 15.8. The normalized spacial score (nSPS) is 16.3. The van der Waals surface area contributed by atoms with Crippen LogP contribution in [0.4, 0.5) is 13.2 Å². The van der Waals surface area contributed by atoms with Crippen LogP contribution in [0.3, 0.4) is 0 Å². The van der Waals surface area contributed by atoms with Crippen LogP contribution in [0.15, 0.2) is 78.9 Å². The van der Waals surface area contributed by atoms with E-state index in [1.807, 2.05) is 48.5 Å². The summed E-state index contributed by atoms with van der Waals surface area (Å²) in [6, 6.07) is 21.5. The number of hydrogen-bond acceptors (Lipinski definition) is 3. The molecule has 0 radical (unpaired) electrons. The number of carboxylic acid groups (broad SMARTS) is 1. The maximum atomic E-state index is 13.4. The Balaban J connectivity index is 1.69. The molecule has 0 spiro atoms. The van der Waals surface area contributed by atoms with Gasteiger partial charge in [0.05, 0.1) is 17.5 Å². The molecule has 1 aliphatic heterocycles. The number of para-hydroxylation sites is 1. The van der Waals surface area contributed by atoms with Gasteiger partial charge in [0, 0.05) is 0 Å². The van der Waals surface area contributed by atoms with Gasteiger partial charge in [0.25, 0.3) is 0 Å². The van der Waals surface area contributed by atoms with E-state index in [2.05, 4.69) is 4.90 Å². The first-order valence-corrected chi connectivity index (χ1v) is 10.8. The molecule has 0 aliphatic carbocycles. The maximum absolute atomic E-state index is 13.4.